The van der Waals surface area contributed by atoms with Crippen LogP contribution in [0.25, 0.3) is 111 Å². The molecule has 16 aromatic rings. The van der Waals surface area contributed by atoms with Gasteiger partial charge in [-0.2, -0.15) is 0 Å². The second kappa shape index (κ2) is 24.9. The minimum absolute atomic E-state index is 1.07. The molecule has 0 unspecified atom stereocenters. The molecule has 0 saturated heterocycles. The van der Waals surface area contributed by atoms with Crippen molar-refractivity contribution in [2.45, 2.75) is 13.8 Å². The smallest absolute Gasteiger partial charge is 0.0619 e. The molecule has 4 heteroatoms. The summed E-state index contributed by atoms with van der Waals surface area (Å²) in [5.74, 6) is 0. The predicted octanol–water partition coefficient (Wildman–Crippen LogP) is 24.8. The molecule has 0 aliphatic carbocycles. The lowest BCUT2D eigenvalue weighted by Gasteiger charge is -2.26. The molecule has 0 atom stereocenters. The molecule has 2 aromatic heterocycles. The maximum absolute atomic E-state index is 2.47. The predicted molar refractivity (Wildman–Crippen MR) is 397 cm³/mol. The molecule has 0 saturated carbocycles. The number of rotatable bonds is 15. The van der Waals surface area contributed by atoms with Crippen molar-refractivity contribution in [1.82, 2.24) is 9.13 Å². The van der Waals surface area contributed by atoms with Crippen molar-refractivity contribution in [3.63, 3.8) is 0 Å². The van der Waals surface area contributed by atoms with Crippen LogP contribution in [-0.4, -0.2) is 9.13 Å². The molecule has 2 heterocycles. The SMILES string of the molecule is Cc1ccc(N(c2ccc(-c3ccccc3)cc2)c2ccc(-n3c(-c4ccccc4)c(-c4ccccc4)c4cc(-c5ccc6c(c5)c(-c5ccccc5)c(-c5ccccc5)n6-c5ccc(N(c6ccc(C)cc6)c6ccc(-c7ccccc7)cc6)cc5)ccc43)cc2)cc1. The molecule has 0 radical (unpaired) electrons. The highest BCUT2D eigenvalue weighted by atomic mass is 15.1. The summed E-state index contributed by atoms with van der Waals surface area (Å²) in [4.78, 5) is 4.71. The Morgan fingerprint density at radius 1 is 0.202 bits per heavy atom. The summed E-state index contributed by atoms with van der Waals surface area (Å²) >= 11 is 0. The molecule has 0 N–H and O–H groups in total. The lowest BCUT2D eigenvalue weighted by molar-refractivity contribution is 1.13. The zero-order valence-electron chi connectivity index (χ0n) is 52.4. The number of fused-ring (bicyclic) bond motifs is 2. The van der Waals surface area contributed by atoms with Crippen molar-refractivity contribution in [3.05, 3.63) is 375 Å². The van der Waals surface area contributed by atoms with E-state index in [0.29, 0.717) is 0 Å². The average Bonchev–Trinajstić information content (AvgIpc) is 1.58. The van der Waals surface area contributed by atoms with Gasteiger partial charge in [0.1, 0.15) is 0 Å². The van der Waals surface area contributed by atoms with Gasteiger partial charge in [-0.15, -0.1) is 0 Å². The van der Waals surface area contributed by atoms with E-state index in [9.17, 15) is 0 Å². The van der Waals surface area contributed by atoms with Crippen LogP contribution in [0.1, 0.15) is 11.1 Å². The normalized spacial score (nSPS) is 11.3. The summed E-state index contributed by atoms with van der Waals surface area (Å²) in [7, 11) is 0. The number of aryl methyl sites for hydroxylation is 2. The summed E-state index contributed by atoms with van der Waals surface area (Å²) < 4.78 is 4.95. The van der Waals surface area contributed by atoms with Gasteiger partial charge in [-0.3, -0.25) is 0 Å². The Kier molecular flexibility index (Phi) is 15.1. The van der Waals surface area contributed by atoms with Crippen molar-refractivity contribution in [3.8, 4) is 89.5 Å². The molecule has 14 aromatic carbocycles. The number of aromatic nitrogens is 2. The van der Waals surface area contributed by atoms with E-state index < -0.39 is 0 Å². The largest absolute Gasteiger partial charge is 0.311 e. The zero-order chi connectivity index (χ0) is 62.9. The van der Waals surface area contributed by atoms with Crippen molar-refractivity contribution in [2.24, 2.45) is 0 Å². The first-order chi connectivity index (χ1) is 46.5. The third-order valence-corrected chi connectivity index (χ3v) is 18.3. The standard InChI is InChI=1S/C90H66N4/c1-63-33-43-75(44-34-63)91(77-47-37-67(38-48-77)65-21-9-3-10-22-65)79-51-55-81(56-52-79)93-85-59-41-73(61-83(85)87(69-25-13-5-14-26-69)89(93)71-29-17-7-18-30-71)74-42-60-86-84(62-74)88(70-27-15-6-16-28-70)90(72-31-19-8-20-32-72)94(86)82-57-53-80(54-58-82)92(76-45-35-64(2)36-46-76)78-49-39-68(40-50-78)66-23-11-4-12-24-66/h3-62H,1-2H3. The van der Waals surface area contributed by atoms with Crippen LogP contribution < -0.4 is 9.80 Å². The molecule has 0 amide bonds. The van der Waals surface area contributed by atoms with Gasteiger partial charge in [0.15, 0.2) is 0 Å². The van der Waals surface area contributed by atoms with Crippen LogP contribution in [-0.2, 0) is 0 Å². The quantitative estimate of drug-likeness (QED) is 0.102. The molecule has 0 fully saturated rings. The topological polar surface area (TPSA) is 16.3 Å². The van der Waals surface area contributed by atoms with E-state index in [1.807, 2.05) is 0 Å². The number of nitrogens with zero attached hydrogens (tertiary/aromatic N) is 4. The van der Waals surface area contributed by atoms with Gasteiger partial charge in [0, 0.05) is 67.4 Å². The molecule has 0 aliphatic rings. The second-order valence-corrected chi connectivity index (χ2v) is 24.2. The molecule has 446 valence electrons. The van der Waals surface area contributed by atoms with Crippen molar-refractivity contribution >= 4 is 55.9 Å². The van der Waals surface area contributed by atoms with Crippen molar-refractivity contribution in [2.75, 3.05) is 9.80 Å². The molecular weight excluding hydrogens is 1140 g/mol. The first-order valence-electron chi connectivity index (χ1n) is 32.3. The molecule has 4 nitrogen and oxygen atoms in total. The van der Waals surface area contributed by atoms with Crippen molar-refractivity contribution in [1.29, 1.82) is 0 Å². The van der Waals surface area contributed by atoms with Gasteiger partial charge in [-0.05, 0) is 191 Å². The Labute approximate surface area is 550 Å². The summed E-state index contributed by atoms with van der Waals surface area (Å²) in [6.07, 6.45) is 0. The molecule has 16 rings (SSSR count). The lowest BCUT2D eigenvalue weighted by atomic mass is 9.94. The molecule has 94 heavy (non-hydrogen) atoms. The van der Waals surface area contributed by atoms with E-state index >= 15 is 0 Å². The summed E-state index contributed by atoms with van der Waals surface area (Å²) in [5, 5.41) is 2.34. The van der Waals surface area contributed by atoms with E-state index in [1.165, 1.54) is 55.3 Å². The first kappa shape index (κ1) is 57.0. The van der Waals surface area contributed by atoms with Crippen LogP contribution in [0.3, 0.4) is 0 Å². The minimum Gasteiger partial charge on any atom is -0.311 e. The Bertz CT molecular complexity index is 4940. The molecule has 0 spiro atoms. The fourth-order valence-electron chi connectivity index (χ4n) is 13.7. The summed E-state index contributed by atoms with van der Waals surface area (Å²) in [6, 6.07) is 133. The molecule has 0 bridgehead atoms. The maximum Gasteiger partial charge on any atom is 0.0619 e. The molecular formula is C90H66N4. The Hall–Kier alpha value is -12.2. The van der Waals surface area contributed by atoms with Gasteiger partial charge in [-0.25, -0.2) is 0 Å². The zero-order valence-corrected chi connectivity index (χ0v) is 52.4. The maximum atomic E-state index is 2.47. The van der Waals surface area contributed by atoms with Gasteiger partial charge in [0.05, 0.1) is 22.4 Å². The highest BCUT2D eigenvalue weighted by Gasteiger charge is 2.26. The van der Waals surface area contributed by atoms with Crippen LogP contribution in [0.4, 0.5) is 34.1 Å². The number of benzene rings is 14. The van der Waals surface area contributed by atoms with Gasteiger partial charge < -0.3 is 18.9 Å². The van der Waals surface area contributed by atoms with E-state index in [-0.39, 0.29) is 0 Å². The van der Waals surface area contributed by atoms with E-state index in [4.69, 9.17) is 0 Å². The van der Waals surface area contributed by atoms with E-state index in [1.54, 1.807) is 0 Å². The van der Waals surface area contributed by atoms with Crippen LogP contribution >= 0.6 is 0 Å². The number of anilines is 6. The fraction of sp³-hybridized carbons (Fsp3) is 0.0222. The first-order valence-corrected chi connectivity index (χ1v) is 32.3. The van der Waals surface area contributed by atoms with Gasteiger partial charge in [0.2, 0.25) is 0 Å². The summed E-state index contributed by atoms with van der Waals surface area (Å²) in [5.41, 5.74) is 29.6. The van der Waals surface area contributed by atoms with Crippen LogP contribution in [0.5, 0.6) is 0 Å². The Morgan fingerprint density at radius 3 is 0.734 bits per heavy atom. The van der Waals surface area contributed by atoms with Gasteiger partial charge >= 0.3 is 0 Å². The number of hydrogen-bond donors (Lipinski definition) is 0. The van der Waals surface area contributed by atoms with Gasteiger partial charge in [0.25, 0.3) is 0 Å². The summed E-state index contributed by atoms with van der Waals surface area (Å²) in [6.45, 7) is 4.29. The van der Waals surface area contributed by atoms with Crippen molar-refractivity contribution < 1.29 is 0 Å². The van der Waals surface area contributed by atoms with Crippen LogP contribution in [0.2, 0.25) is 0 Å². The van der Waals surface area contributed by atoms with Crippen LogP contribution in [0, 0.1) is 13.8 Å². The van der Waals surface area contributed by atoms with Crippen LogP contribution in [0.15, 0.2) is 364 Å². The van der Waals surface area contributed by atoms with E-state index in [0.717, 1.165) is 101 Å². The van der Waals surface area contributed by atoms with Gasteiger partial charge in [-0.1, -0.05) is 254 Å². The lowest BCUT2D eigenvalue weighted by Crippen LogP contribution is -2.10. The van der Waals surface area contributed by atoms with E-state index in [2.05, 4.69) is 397 Å². The average molecular weight is 1200 g/mol. The highest BCUT2D eigenvalue weighted by molar-refractivity contribution is 6.10. The molecule has 0 aliphatic heterocycles. The number of hydrogen-bond acceptors (Lipinski definition) is 2. The second-order valence-electron chi connectivity index (χ2n) is 24.2. The monoisotopic (exact) mass is 1200 g/mol. The Morgan fingerprint density at radius 2 is 0.436 bits per heavy atom. The third-order valence-electron chi connectivity index (χ3n) is 18.3. The Balaban J connectivity index is 0.841. The third kappa shape index (κ3) is 10.8. The highest BCUT2D eigenvalue weighted by Crippen LogP contribution is 2.48. The fourth-order valence-corrected chi connectivity index (χ4v) is 13.7. The minimum atomic E-state index is 1.07.